The lowest BCUT2D eigenvalue weighted by Crippen LogP contribution is -2.12. The molecule has 0 aromatic heterocycles. The predicted molar refractivity (Wildman–Crippen MR) is 69.6 cm³/mol. The first-order chi connectivity index (χ1) is 6.66. The fourth-order valence-corrected chi connectivity index (χ4v) is 1.76. The van der Waals surface area contributed by atoms with Gasteiger partial charge in [0, 0.05) is 6.04 Å². The molecule has 0 unspecified atom stereocenters. The van der Waals surface area contributed by atoms with Crippen LogP contribution in [-0.2, 0) is 0 Å². The summed E-state index contributed by atoms with van der Waals surface area (Å²) in [6.07, 6.45) is 3.54. The zero-order valence-electron chi connectivity index (χ0n) is 9.92. The zero-order valence-corrected chi connectivity index (χ0v) is 10.7. The van der Waals surface area contributed by atoms with Gasteiger partial charge in [0.05, 0.1) is 0 Å². The molecular formula is C13H22ClN. The van der Waals surface area contributed by atoms with Gasteiger partial charge in [-0.05, 0) is 37.0 Å². The van der Waals surface area contributed by atoms with Gasteiger partial charge in [0.15, 0.2) is 0 Å². The van der Waals surface area contributed by atoms with Crippen LogP contribution < -0.4 is 5.73 Å². The Kier molecular flexibility index (Phi) is 6.62. The molecule has 0 aliphatic heterocycles. The molecule has 0 radical (unpaired) electrons. The van der Waals surface area contributed by atoms with E-state index in [-0.39, 0.29) is 18.4 Å². The van der Waals surface area contributed by atoms with Crippen molar-refractivity contribution in [3.63, 3.8) is 0 Å². The van der Waals surface area contributed by atoms with Crippen molar-refractivity contribution < 1.29 is 0 Å². The third-order valence-electron chi connectivity index (χ3n) is 2.91. The molecule has 0 aliphatic rings. The lowest BCUT2D eigenvalue weighted by molar-refractivity contribution is 0.600. The Balaban J connectivity index is 0.00000196. The maximum absolute atomic E-state index is 6.15. The van der Waals surface area contributed by atoms with Gasteiger partial charge in [-0.25, -0.2) is 0 Å². The molecule has 0 heterocycles. The smallest absolute Gasteiger partial charge is 0.0297 e. The average Bonchev–Trinajstić information content (AvgIpc) is 2.18. The summed E-state index contributed by atoms with van der Waals surface area (Å²) in [6.45, 7) is 6.51. The van der Waals surface area contributed by atoms with Gasteiger partial charge in [-0.15, -0.1) is 12.4 Å². The molecule has 2 N–H and O–H groups in total. The standard InChI is InChI=1S/C13H21N.ClH/c1-4-5-9-13(14)12-8-6-7-10(2)11(12)3;/h6-8,13H,4-5,9,14H2,1-3H3;1H/t13-;/m0./s1. The van der Waals surface area contributed by atoms with Gasteiger partial charge < -0.3 is 5.73 Å². The quantitative estimate of drug-likeness (QED) is 0.829. The van der Waals surface area contributed by atoms with Crippen LogP contribution in [0.15, 0.2) is 18.2 Å². The number of benzene rings is 1. The molecule has 1 atom stereocenters. The molecule has 0 bridgehead atoms. The lowest BCUT2D eigenvalue weighted by Gasteiger charge is -2.15. The summed E-state index contributed by atoms with van der Waals surface area (Å²) in [7, 11) is 0. The van der Waals surface area contributed by atoms with E-state index in [4.69, 9.17) is 5.73 Å². The Bertz CT molecular complexity index is 297. The van der Waals surface area contributed by atoms with Crippen LogP contribution in [0.2, 0.25) is 0 Å². The fraction of sp³-hybridized carbons (Fsp3) is 0.538. The molecule has 0 saturated heterocycles. The largest absolute Gasteiger partial charge is 0.324 e. The summed E-state index contributed by atoms with van der Waals surface area (Å²) >= 11 is 0. The van der Waals surface area contributed by atoms with Gasteiger partial charge >= 0.3 is 0 Å². The first kappa shape index (κ1) is 14.5. The second-order valence-electron chi connectivity index (χ2n) is 4.04. The number of hydrogen-bond acceptors (Lipinski definition) is 1. The van der Waals surface area contributed by atoms with E-state index < -0.39 is 0 Å². The molecule has 0 fully saturated rings. The Hall–Kier alpha value is -0.530. The topological polar surface area (TPSA) is 26.0 Å². The first-order valence-corrected chi connectivity index (χ1v) is 5.48. The van der Waals surface area contributed by atoms with Gasteiger partial charge in [-0.1, -0.05) is 38.0 Å². The monoisotopic (exact) mass is 227 g/mol. The van der Waals surface area contributed by atoms with Gasteiger partial charge in [-0.3, -0.25) is 0 Å². The van der Waals surface area contributed by atoms with Crippen molar-refractivity contribution in [2.75, 3.05) is 0 Å². The summed E-state index contributed by atoms with van der Waals surface area (Å²) in [6, 6.07) is 6.62. The van der Waals surface area contributed by atoms with Gasteiger partial charge in [-0.2, -0.15) is 0 Å². The molecular weight excluding hydrogens is 206 g/mol. The minimum absolute atomic E-state index is 0. The van der Waals surface area contributed by atoms with Crippen molar-refractivity contribution in [2.24, 2.45) is 5.73 Å². The molecule has 1 aromatic carbocycles. The fourth-order valence-electron chi connectivity index (χ4n) is 1.76. The van der Waals surface area contributed by atoms with Crippen LogP contribution >= 0.6 is 12.4 Å². The van der Waals surface area contributed by atoms with Gasteiger partial charge in [0.1, 0.15) is 0 Å². The van der Waals surface area contributed by atoms with Crippen LogP contribution in [0.25, 0.3) is 0 Å². The number of nitrogens with two attached hydrogens (primary N) is 1. The molecule has 2 heteroatoms. The third kappa shape index (κ3) is 3.84. The maximum Gasteiger partial charge on any atom is 0.0297 e. The van der Waals surface area contributed by atoms with E-state index in [0.29, 0.717) is 0 Å². The molecule has 15 heavy (non-hydrogen) atoms. The number of unbranched alkanes of at least 4 members (excludes halogenated alkanes) is 1. The molecule has 1 nitrogen and oxygen atoms in total. The van der Waals surface area contributed by atoms with Crippen LogP contribution in [0.1, 0.15) is 48.9 Å². The van der Waals surface area contributed by atoms with Gasteiger partial charge in [0.25, 0.3) is 0 Å². The second-order valence-corrected chi connectivity index (χ2v) is 4.04. The van der Waals surface area contributed by atoms with Crippen LogP contribution in [0.3, 0.4) is 0 Å². The highest BCUT2D eigenvalue weighted by Gasteiger charge is 2.08. The summed E-state index contributed by atoms with van der Waals surface area (Å²) < 4.78 is 0. The Morgan fingerprint density at radius 1 is 1.27 bits per heavy atom. The van der Waals surface area contributed by atoms with E-state index in [1.165, 1.54) is 29.5 Å². The number of rotatable bonds is 4. The van der Waals surface area contributed by atoms with E-state index in [9.17, 15) is 0 Å². The van der Waals surface area contributed by atoms with Crippen molar-refractivity contribution in [1.29, 1.82) is 0 Å². The van der Waals surface area contributed by atoms with Crippen molar-refractivity contribution >= 4 is 12.4 Å². The zero-order chi connectivity index (χ0) is 10.6. The van der Waals surface area contributed by atoms with Crippen LogP contribution in [0, 0.1) is 13.8 Å². The van der Waals surface area contributed by atoms with E-state index >= 15 is 0 Å². The van der Waals surface area contributed by atoms with E-state index in [1.54, 1.807) is 0 Å². The Morgan fingerprint density at radius 2 is 1.93 bits per heavy atom. The highest BCUT2D eigenvalue weighted by atomic mass is 35.5. The normalized spacial score (nSPS) is 12.0. The van der Waals surface area contributed by atoms with Crippen LogP contribution in [-0.4, -0.2) is 0 Å². The van der Waals surface area contributed by atoms with Crippen molar-refractivity contribution in [2.45, 2.75) is 46.1 Å². The molecule has 0 saturated carbocycles. The SMILES string of the molecule is CCCC[C@H](N)c1cccc(C)c1C.Cl. The molecule has 1 aromatic rings. The summed E-state index contributed by atoms with van der Waals surface area (Å²) in [5.74, 6) is 0. The Labute approximate surface area is 99.5 Å². The van der Waals surface area contributed by atoms with Crippen LogP contribution in [0.5, 0.6) is 0 Å². The lowest BCUT2D eigenvalue weighted by atomic mass is 9.95. The first-order valence-electron chi connectivity index (χ1n) is 5.48. The summed E-state index contributed by atoms with van der Waals surface area (Å²) in [4.78, 5) is 0. The third-order valence-corrected chi connectivity index (χ3v) is 2.91. The number of halogens is 1. The average molecular weight is 228 g/mol. The van der Waals surface area contributed by atoms with Crippen LogP contribution in [0.4, 0.5) is 0 Å². The summed E-state index contributed by atoms with van der Waals surface area (Å²) in [5, 5.41) is 0. The second kappa shape index (κ2) is 6.86. The van der Waals surface area contributed by atoms with Crippen molar-refractivity contribution in [3.8, 4) is 0 Å². The number of hydrogen-bond donors (Lipinski definition) is 1. The Morgan fingerprint density at radius 3 is 2.53 bits per heavy atom. The van der Waals surface area contributed by atoms with E-state index in [0.717, 1.165) is 6.42 Å². The molecule has 0 aliphatic carbocycles. The predicted octanol–water partition coefficient (Wildman–Crippen LogP) is 3.92. The molecule has 0 amide bonds. The van der Waals surface area contributed by atoms with Crippen molar-refractivity contribution in [3.05, 3.63) is 34.9 Å². The maximum atomic E-state index is 6.15. The minimum Gasteiger partial charge on any atom is -0.324 e. The van der Waals surface area contributed by atoms with E-state index in [1.807, 2.05) is 0 Å². The van der Waals surface area contributed by atoms with E-state index in [2.05, 4.69) is 39.0 Å². The van der Waals surface area contributed by atoms with Crippen molar-refractivity contribution in [1.82, 2.24) is 0 Å². The van der Waals surface area contributed by atoms with Gasteiger partial charge in [0.2, 0.25) is 0 Å². The molecule has 0 spiro atoms. The highest BCUT2D eigenvalue weighted by Crippen LogP contribution is 2.22. The highest BCUT2D eigenvalue weighted by molar-refractivity contribution is 5.85. The summed E-state index contributed by atoms with van der Waals surface area (Å²) in [5.41, 5.74) is 10.2. The molecule has 86 valence electrons. The molecule has 1 rings (SSSR count). The minimum atomic E-state index is 0. The number of aryl methyl sites for hydroxylation is 1.